The van der Waals surface area contributed by atoms with Crippen molar-refractivity contribution in [3.05, 3.63) is 17.1 Å². The van der Waals surface area contributed by atoms with Crippen LogP contribution in [0.5, 0.6) is 0 Å². The van der Waals surface area contributed by atoms with Crippen LogP contribution < -0.4 is 5.32 Å². The summed E-state index contributed by atoms with van der Waals surface area (Å²) < 4.78 is 5.64. The van der Waals surface area contributed by atoms with Crippen LogP contribution in [0.3, 0.4) is 0 Å². The normalized spacial score (nSPS) is 17.6. The number of rotatable bonds is 4. The first-order valence-electron chi connectivity index (χ1n) is 6.27. The van der Waals surface area contributed by atoms with Crippen molar-refractivity contribution in [2.45, 2.75) is 45.6 Å². The van der Waals surface area contributed by atoms with Gasteiger partial charge in [0.25, 0.3) is 0 Å². The summed E-state index contributed by atoms with van der Waals surface area (Å²) in [6.07, 6.45) is 3.25. The topological polar surface area (TPSA) is 47.0 Å². The highest BCUT2D eigenvalue weighted by molar-refractivity contribution is 5.46. The molecule has 1 N–H and O–H groups in total. The molecule has 0 aromatic carbocycles. The van der Waals surface area contributed by atoms with E-state index < -0.39 is 0 Å². The summed E-state index contributed by atoms with van der Waals surface area (Å²) >= 11 is 0. The Morgan fingerprint density at radius 3 is 2.47 bits per heavy atom. The van der Waals surface area contributed by atoms with Crippen LogP contribution in [0.25, 0.3) is 0 Å². The molecule has 0 bridgehead atoms. The van der Waals surface area contributed by atoms with Gasteiger partial charge >= 0.3 is 0 Å². The first-order chi connectivity index (χ1) is 8.13. The Balaban J connectivity index is 2.41. The van der Waals surface area contributed by atoms with Gasteiger partial charge in [0, 0.05) is 24.9 Å². The number of aryl methyl sites for hydroxylation is 1. The van der Waals surface area contributed by atoms with Gasteiger partial charge in [-0.25, -0.2) is 9.97 Å². The molecule has 1 saturated carbocycles. The molecule has 17 heavy (non-hydrogen) atoms. The first-order valence-corrected chi connectivity index (χ1v) is 6.27. The third kappa shape index (κ3) is 2.02. The van der Waals surface area contributed by atoms with E-state index in [9.17, 15) is 0 Å². The summed E-state index contributed by atoms with van der Waals surface area (Å²) in [4.78, 5) is 9.25. The molecule has 1 fully saturated rings. The second kappa shape index (κ2) is 4.61. The van der Waals surface area contributed by atoms with E-state index in [1.807, 2.05) is 6.92 Å². The number of ether oxygens (including phenoxy) is 1. The predicted molar refractivity (Wildman–Crippen MR) is 68.2 cm³/mol. The van der Waals surface area contributed by atoms with Crippen molar-refractivity contribution in [2.75, 3.05) is 19.0 Å². The molecule has 4 nitrogen and oxygen atoms in total. The van der Waals surface area contributed by atoms with Gasteiger partial charge in [-0.05, 0) is 40.0 Å². The van der Waals surface area contributed by atoms with Crippen molar-refractivity contribution in [1.82, 2.24) is 9.97 Å². The number of nitrogens with zero attached hydrogens (tertiary/aromatic N) is 2. The third-order valence-corrected chi connectivity index (χ3v) is 3.69. The summed E-state index contributed by atoms with van der Waals surface area (Å²) in [5.74, 6) is 1.78. The Morgan fingerprint density at radius 1 is 1.29 bits per heavy atom. The monoisotopic (exact) mass is 235 g/mol. The zero-order valence-electron chi connectivity index (χ0n) is 11.1. The molecule has 4 heteroatoms. The SMILES string of the molecule is CCNc1nc(C2(OC)CCC2)nc(C)c1C. The average molecular weight is 235 g/mol. The van der Waals surface area contributed by atoms with Gasteiger partial charge < -0.3 is 10.1 Å². The molecule has 0 saturated heterocycles. The fourth-order valence-corrected chi connectivity index (χ4v) is 2.19. The minimum Gasteiger partial charge on any atom is -0.370 e. The third-order valence-electron chi connectivity index (χ3n) is 3.69. The second-order valence-corrected chi connectivity index (χ2v) is 4.69. The number of hydrogen-bond donors (Lipinski definition) is 1. The van der Waals surface area contributed by atoms with Crippen LogP contribution in [0, 0.1) is 13.8 Å². The van der Waals surface area contributed by atoms with Crippen molar-refractivity contribution in [1.29, 1.82) is 0 Å². The summed E-state index contributed by atoms with van der Waals surface area (Å²) in [5.41, 5.74) is 1.93. The van der Waals surface area contributed by atoms with Crippen molar-refractivity contribution in [3.8, 4) is 0 Å². The highest BCUT2D eigenvalue weighted by atomic mass is 16.5. The van der Waals surface area contributed by atoms with Gasteiger partial charge in [0.05, 0.1) is 0 Å². The molecule has 1 aromatic rings. The number of anilines is 1. The van der Waals surface area contributed by atoms with Gasteiger partial charge in [-0.2, -0.15) is 0 Å². The van der Waals surface area contributed by atoms with Crippen molar-refractivity contribution in [2.24, 2.45) is 0 Å². The Bertz CT molecular complexity index is 408. The van der Waals surface area contributed by atoms with Gasteiger partial charge in [0.1, 0.15) is 11.4 Å². The van der Waals surface area contributed by atoms with Crippen LogP contribution >= 0.6 is 0 Å². The van der Waals surface area contributed by atoms with E-state index in [-0.39, 0.29) is 5.60 Å². The molecular weight excluding hydrogens is 214 g/mol. The largest absolute Gasteiger partial charge is 0.370 e. The zero-order chi connectivity index (χ0) is 12.5. The molecule has 0 atom stereocenters. The van der Waals surface area contributed by atoms with E-state index in [1.165, 1.54) is 6.42 Å². The lowest BCUT2D eigenvalue weighted by Crippen LogP contribution is -2.38. The van der Waals surface area contributed by atoms with E-state index in [2.05, 4.69) is 29.1 Å². The van der Waals surface area contributed by atoms with Gasteiger partial charge in [-0.15, -0.1) is 0 Å². The molecule has 94 valence electrons. The zero-order valence-corrected chi connectivity index (χ0v) is 11.1. The highest BCUT2D eigenvalue weighted by Crippen LogP contribution is 2.43. The van der Waals surface area contributed by atoms with Crippen molar-refractivity contribution < 1.29 is 4.74 Å². The lowest BCUT2D eigenvalue weighted by molar-refractivity contribution is -0.0846. The van der Waals surface area contributed by atoms with Gasteiger partial charge in [-0.3, -0.25) is 0 Å². The van der Waals surface area contributed by atoms with Crippen LogP contribution in [0.2, 0.25) is 0 Å². The molecule has 0 aliphatic heterocycles. The predicted octanol–water partition coefficient (Wildman–Crippen LogP) is 2.55. The number of hydrogen-bond acceptors (Lipinski definition) is 4. The quantitative estimate of drug-likeness (QED) is 0.871. The van der Waals surface area contributed by atoms with Crippen LogP contribution in [-0.4, -0.2) is 23.6 Å². The molecule has 1 aromatic heterocycles. The molecule has 0 unspecified atom stereocenters. The average Bonchev–Trinajstić information content (AvgIpc) is 2.24. The molecule has 0 spiro atoms. The molecule has 0 amide bonds. The molecule has 1 heterocycles. The molecule has 0 radical (unpaired) electrons. The van der Waals surface area contributed by atoms with E-state index in [0.29, 0.717) is 0 Å². The first kappa shape index (κ1) is 12.3. The maximum absolute atomic E-state index is 5.64. The molecule has 1 aliphatic carbocycles. The van der Waals surface area contributed by atoms with E-state index in [0.717, 1.165) is 42.3 Å². The highest BCUT2D eigenvalue weighted by Gasteiger charge is 2.42. The maximum Gasteiger partial charge on any atom is 0.162 e. The van der Waals surface area contributed by atoms with Gasteiger partial charge in [-0.1, -0.05) is 0 Å². The Morgan fingerprint density at radius 2 is 2.00 bits per heavy atom. The summed E-state index contributed by atoms with van der Waals surface area (Å²) in [7, 11) is 1.75. The second-order valence-electron chi connectivity index (χ2n) is 4.69. The number of aromatic nitrogens is 2. The molecular formula is C13H21N3O. The standard InChI is InChI=1S/C13H21N3O/c1-5-14-11-9(2)10(3)15-12(16-11)13(17-4)7-6-8-13/h5-8H2,1-4H3,(H,14,15,16). The van der Waals surface area contributed by atoms with Crippen LogP contribution in [-0.2, 0) is 10.3 Å². The van der Waals surface area contributed by atoms with Crippen LogP contribution in [0.15, 0.2) is 0 Å². The smallest absolute Gasteiger partial charge is 0.162 e. The summed E-state index contributed by atoms with van der Waals surface area (Å²) in [5, 5.41) is 3.29. The maximum atomic E-state index is 5.64. The van der Waals surface area contributed by atoms with Gasteiger partial charge in [0.15, 0.2) is 5.82 Å². The lowest BCUT2D eigenvalue weighted by Gasteiger charge is -2.39. The Hall–Kier alpha value is -1.16. The van der Waals surface area contributed by atoms with Crippen LogP contribution in [0.4, 0.5) is 5.82 Å². The molecule has 2 rings (SSSR count). The summed E-state index contributed by atoms with van der Waals surface area (Å²) in [6.45, 7) is 7.03. The van der Waals surface area contributed by atoms with E-state index in [1.54, 1.807) is 7.11 Å². The molecule has 1 aliphatic rings. The van der Waals surface area contributed by atoms with Crippen molar-refractivity contribution in [3.63, 3.8) is 0 Å². The Kier molecular flexibility index (Phi) is 3.33. The van der Waals surface area contributed by atoms with Crippen LogP contribution in [0.1, 0.15) is 43.3 Å². The minimum atomic E-state index is -0.234. The fourth-order valence-electron chi connectivity index (χ4n) is 2.19. The fraction of sp³-hybridized carbons (Fsp3) is 0.692. The lowest BCUT2D eigenvalue weighted by atomic mass is 9.79. The summed E-state index contributed by atoms with van der Waals surface area (Å²) in [6, 6.07) is 0. The Labute approximate surface area is 103 Å². The number of methoxy groups -OCH3 is 1. The van der Waals surface area contributed by atoms with Gasteiger partial charge in [0.2, 0.25) is 0 Å². The van der Waals surface area contributed by atoms with Crippen molar-refractivity contribution >= 4 is 5.82 Å². The number of nitrogens with one attached hydrogen (secondary N) is 1. The van der Waals surface area contributed by atoms with E-state index >= 15 is 0 Å². The van der Waals surface area contributed by atoms with E-state index in [4.69, 9.17) is 4.74 Å². The minimum absolute atomic E-state index is 0.234.